The molecule has 0 aliphatic carbocycles. The van der Waals surface area contributed by atoms with E-state index in [-0.39, 0.29) is 0 Å². The Morgan fingerprint density at radius 2 is 2.00 bits per heavy atom. The number of alkyl halides is 3. The fraction of sp³-hybridized carbons (Fsp3) is 0.857. The molecule has 0 rings (SSSR count). The number of hydrogen-bond acceptors (Lipinski definition) is 3. The van der Waals surface area contributed by atoms with E-state index in [9.17, 15) is 18.0 Å². The van der Waals surface area contributed by atoms with Crippen molar-refractivity contribution in [3.8, 4) is 0 Å². The normalized spacial score (nSPS) is 16.5. The molecule has 0 aromatic rings. The van der Waals surface area contributed by atoms with Gasteiger partial charge in [0, 0.05) is 6.04 Å². The van der Waals surface area contributed by atoms with Gasteiger partial charge in [0.05, 0.1) is 19.4 Å². The number of halogens is 3. The van der Waals surface area contributed by atoms with E-state index in [0.717, 1.165) is 7.11 Å². The van der Waals surface area contributed by atoms with Gasteiger partial charge in [-0.15, -0.1) is 0 Å². The first-order valence-electron chi connectivity index (χ1n) is 3.68. The summed E-state index contributed by atoms with van der Waals surface area (Å²) in [6, 6.07) is -1.24. The minimum Gasteiger partial charge on any atom is -0.469 e. The summed E-state index contributed by atoms with van der Waals surface area (Å²) in [5, 5.41) is 0. The minimum absolute atomic E-state index is 0.725. The molecule has 2 N–H and O–H groups in total. The number of ether oxygens (including phenoxy) is 1. The quantitative estimate of drug-likeness (QED) is 0.692. The number of carbonyl (C=O) groups excluding carboxylic acids is 1. The van der Waals surface area contributed by atoms with Crippen LogP contribution in [0.15, 0.2) is 0 Å². The van der Waals surface area contributed by atoms with E-state index in [0.29, 0.717) is 0 Å². The fourth-order valence-corrected chi connectivity index (χ4v) is 0.805. The van der Waals surface area contributed by atoms with E-state index in [1.54, 1.807) is 0 Å². The zero-order chi connectivity index (χ0) is 10.6. The highest BCUT2D eigenvalue weighted by Gasteiger charge is 2.34. The van der Waals surface area contributed by atoms with Gasteiger partial charge in [-0.2, -0.15) is 13.2 Å². The summed E-state index contributed by atoms with van der Waals surface area (Å²) in [5.41, 5.74) is 5.16. The summed E-state index contributed by atoms with van der Waals surface area (Å²) in [4.78, 5) is 10.8. The monoisotopic (exact) mass is 199 g/mol. The van der Waals surface area contributed by atoms with Crippen molar-refractivity contribution in [1.82, 2.24) is 0 Å². The van der Waals surface area contributed by atoms with Gasteiger partial charge in [0.15, 0.2) is 0 Å². The van der Waals surface area contributed by atoms with Crippen molar-refractivity contribution in [2.45, 2.75) is 25.6 Å². The lowest BCUT2D eigenvalue weighted by atomic mass is 10.00. The van der Waals surface area contributed by atoms with E-state index >= 15 is 0 Å². The summed E-state index contributed by atoms with van der Waals surface area (Å²) >= 11 is 0. The molecule has 0 bridgehead atoms. The van der Waals surface area contributed by atoms with E-state index in [4.69, 9.17) is 5.73 Å². The van der Waals surface area contributed by atoms with Gasteiger partial charge < -0.3 is 10.5 Å². The molecule has 0 amide bonds. The third-order valence-electron chi connectivity index (χ3n) is 1.68. The summed E-state index contributed by atoms with van der Waals surface area (Å²) < 4.78 is 39.7. The molecule has 2 atom stereocenters. The highest BCUT2D eigenvalue weighted by molar-refractivity contribution is 5.72. The second-order valence-corrected chi connectivity index (χ2v) is 2.79. The van der Waals surface area contributed by atoms with Crippen molar-refractivity contribution < 1.29 is 22.7 Å². The van der Waals surface area contributed by atoms with Crippen LogP contribution in [0.1, 0.15) is 13.3 Å². The Bertz CT molecular complexity index is 181. The minimum atomic E-state index is -4.35. The van der Waals surface area contributed by atoms with Crippen LogP contribution in [-0.4, -0.2) is 25.3 Å². The number of carbonyl (C=O) groups is 1. The SMILES string of the molecule is COC(=O)C(C)C(N)CC(F)(F)F. The Hall–Kier alpha value is -0.780. The molecule has 0 spiro atoms. The van der Waals surface area contributed by atoms with Crippen LogP contribution in [0, 0.1) is 5.92 Å². The molecule has 78 valence electrons. The Morgan fingerprint density at radius 3 is 2.31 bits per heavy atom. The van der Waals surface area contributed by atoms with Crippen molar-refractivity contribution in [2.75, 3.05) is 7.11 Å². The maximum absolute atomic E-state index is 11.8. The van der Waals surface area contributed by atoms with Gasteiger partial charge in [-0.1, -0.05) is 6.92 Å². The van der Waals surface area contributed by atoms with Crippen LogP contribution in [0.2, 0.25) is 0 Å². The molecule has 0 saturated heterocycles. The maximum Gasteiger partial charge on any atom is 0.390 e. The van der Waals surface area contributed by atoms with E-state index < -0.39 is 30.5 Å². The van der Waals surface area contributed by atoms with E-state index in [2.05, 4.69) is 4.74 Å². The number of methoxy groups -OCH3 is 1. The number of esters is 1. The van der Waals surface area contributed by atoms with Gasteiger partial charge in [0.25, 0.3) is 0 Å². The van der Waals surface area contributed by atoms with Gasteiger partial charge in [0.1, 0.15) is 0 Å². The van der Waals surface area contributed by atoms with Crippen LogP contribution in [0.3, 0.4) is 0 Å². The van der Waals surface area contributed by atoms with Crippen LogP contribution in [-0.2, 0) is 9.53 Å². The van der Waals surface area contributed by atoms with Crippen molar-refractivity contribution in [3.05, 3.63) is 0 Å². The van der Waals surface area contributed by atoms with Gasteiger partial charge in [-0.3, -0.25) is 4.79 Å². The molecule has 0 heterocycles. The first kappa shape index (κ1) is 12.2. The van der Waals surface area contributed by atoms with Crippen LogP contribution in [0.25, 0.3) is 0 Å². The molecule has 0 radical (unpaired) electrons. The van der Waals surface area contributed by atoms with Crippen LogP contribution < -0.4 is 5.73 Å². The molecule has 0 saturated carbocycles. The molecule has 2 unspecified atom stereocenters. The molecule has 3 nitrogen and oxygen atoms in total. The zero-order valence-electron chi connectivity index (χ0n) is 7.39. The second kappa shape index (κ2) is 4.45. The van der Waals surface area contributed by atoms with Crippen molar-refractivity contribution in [2.24, 2.45) is 11.7 Å². The molecule has 0 aromatic carbocycles. The lowest BCUT2D eigenvalue weighted by Crippen LogP contribution is -2.38. The predicted octanol–water partition coefficient (Wildman–Crippen LogP) is 1.08. The first-order chi connectivity index (χ1) is 5.78. The Balaban J connectivity index is 4.11. The molecule has 6 heteroatoms. The highest BCUT2D eigenvalue weighted by Crippen LogP contribution is 2.23. The topological polar surface area (TPSA) is 52.3 Å². The first-order valence-corrected chi connectivity index (χ1v) is 3.68. The molecule has 13 heavy (non-hydrogen) atoms. The lowest BCUT2D eigenvalue weighted by molar-refractivity contribution is -0.153. The van der Waals surface area contributed by atoms with E-state index in [1.165, 1.54) is 6.92 Å². The summed E-state index contributed by atoms with van der Waals surface area (Å²) in [6.07, 6.45) is -5.52. The molecule has 0 fully saturated rings. The number of hydrogen-bond donors (Lipinski definition) is 1. The smallest absolute Gasteiger partial charge is 0.390 e. The summed E-state index contributed by atoms with van der Waals surface area (Å²) in [7, 11) is 1.11. The Morgan fingerprint density at radius 1 is 1.54 bits per heavy atom. The number of rotatable bonds is 3. The van der Waals surface area contributed by atoms with Crippen LogP contribution in [0.5, 0.6) is 0 Å². The predicted molar refractivity (Wildman–Crippen MR) is 39.8 cm³/mol. The molecular formula is C7H12F3NO2. The Kier molecular flexibility index (Phi) is 4.19. The second-order valence-electron chi connectivity index (χ2n) is 2.79. The molecule has 0 aliphatic heterocycles. The fourth-order valence-electron chi connectivity index (χ4n) is 0.805. The van der Waals surface area contributed by atoms with Crippen molar-refractivity contribution >= 4 is 5.97 Å². The number of nitrogens with two attached hydrogens (primary N) is 1. The molecule has 0 aromatic heterocycles. The Labute approximate surface area is 74.0 Å². The van der Waals surface area contributed by atoms with Gasteiger partial charge >= 0.3 is 12.1 Å². The zero-order valence-corrected chi connectivity index (χ0v) is 7.39. The summed E-state index contributed by atoms with van der Waals surface area (Å²) in [5.74, 6) is -1.66. The van der Waals surface area contributed by atoms with Gasteiger partial charge in [-0.05, 0) is 0 Å². The van der Waals surface area contributed by atoms with Crippen LogP contribution in [0.4, 0.5) is 13.2 Å². The lowest BCUT2D eigenvalue weighted by Gasteiger charge is -2.18. The molecule has 0 aliphatic rings. The molecular weight excluding hydrogens is 187 g/mol. The highest BCUT2D eigenvalue weighted by atomic mass is 19.4. The van der Waals surface area contributed by atoms with E-state index in [1.807, 2.05) is 0 Å². The van der Waals surface area contributed by atoms with Crippen molar-refractivity contribution in [3.63, 3.8) is 0 Å². The third-order valence-corrected chi connectivity index (χ3v) is 1.68. The standard InChI is InChI=1S/C7H12F3NO2/c1-4(6(12)13-2)5(11)3-7(8,9)10/h4-5H,3,11H2,1-2H3. The summed E-state index contributed by atoms with van der Waals surface area (Å²) in [6.45, 7) is 1.31. The third kappa shape index (κ3) is 4.72. The van der Waals surface area contributed by atoms with Gasteiger partial charge in [0.2, 0.25) is 0 Å². The average molecular weight is 199 g/mol. The average Bonchev–Trinajstić information content (AvgIpc) is 1.98. The van der Waals surface area contributed by atoms with Gasteiger partial charge in [-0.25, -0.2) is 0 Å². The van der Waals surface area contributed by atoms with Crippen LogP contribution >= 0.6 is 0 Å². The maximum atomic E-state index is 11.8. The largest absolute Gasteiger partial charge is 0.469 e. The van der Waals surface area contributed by atoms with Crippen molar-refractivity contribution in [1.29, 1.82) is 0 Å².